The molecular weight excluding hydrogens is 252 g/mol. The molecular formula is C18H19Cl. The minimum Gasteiger partial charge on any atom is -0.0917 e. The molecule has 0 fully saturated rings. The molecule has 98 valence electrons. The fraction of sp³-hybridized carbons (Fsp3) is 0.222. The molecule has 2 aromatic carbocycles. The van der Waals surface area contributed by atoms with Crippen molar-refractivity contribution < 1.29 is 0 Å². The summed E-state index contributed by atoms with van der Waals surface area (Å²) < 4.78 is 0. The van der Waals surface area contributed by atoms with Crippen molar-refractivity contribution in [1.29, 1.82) is 0 Å². The Morgan fingerprint density at radius 2 is 1.47 bits per heavy atom. The molecule has 0 N–H and O–H groups in total. The second-order valence-electron chi connectivity index (χ2n) is 4.67. The maximum atomic E-state index is 5.90. The highest BCUT2D eigenvalue weighted by molar-refractivity contribution is 6.30. The summed E-state index contributed by atoms with van der Waals surface area (Å²) in [5, 5.41) is 0.782. The lowest BCUT2D eigenvalue weighted by atomic mass is 10.0. The average Bonchev–Trinajstić information content (AvgIpc) is 2.45. The minimum absolute atomic E-state index is 0.782. The molecule has 0 nitrogen and oxygen atoms in total. The first-order chi connectivity index (χ1) is 9.29. The van der Waals surface area contributed by atoms with Crippen molar-refractivity contribution >= 4 is 11.6 Å². The van der Waals surface area contributed by atoms with E-state index in [4.69, 9.17) is 11.6 Å². The quantitative estimate of drug-likeness (QED) is 0.468. The standard InChI is InChI=1S/C18H19Cl/c1-2-3-4-5-6-15-7-9-16(10-8-15)17-11-13-18(19)14-12-17/h2-3,7-14H,4-6H2,1H3/b3-2-. The molecule has 2 aromatic rings. The molecule has 0 bridgehead atoms. The van der Waals surface area contributed by atoms with E-state index in [1.165, 1.54) is 23.1 Å². The van der Waals surface area contributed by atoms with Crippen molar-refractivity contribution in [2.45, 2.75) is 26.2 Å². The van der Waals surface area contributed by atoms with E-state index in [-0.39, 0.29) is 0 Å². The summed E-state index contributed by atoms with van der Waals surface area (Å²) in [6.07, 6.45) is 7.86. The second kappa shape index (κ2) is 7.16. The Morgan fingerprint density at radius 3 is 2.05 bits per heavy atom. The molecule has 1 heteroatoms. The normalized spacial score (nSPS) is 11.1. The predicted molar refractivity (Wildman–Crippen MR) is 84.6 cm³/mol. The maximum absolute atomic E-state index is 5.90. The number of allylic oxidation sites excluding steroid dienone is 2. The van der Waals surface area contributed by atoms with E-state index in [1.54, 1.807) is 0 Å². The molecule has 0 saturated carbocycles. The van der Waals surface area contributed by atoms with Crippen LogP contribution in [0.2, 0.25) is 5.02 Å². The van der Waals surface area contributed by atoms with Crippen LogP contribution in [0.15, 0.2) is 60.7 Å². The summed E-state index contributed by atoms with van der Waals surface area (Å²) >= 11 is 5.90. The van der Waals surface area contributed by atoms with Crippen LogP contribution in [0.1, 0.15) is 25.3 Å². The SMILES string of the molecule is C/C=C\CCCc1ccc(-c2ccc(Cl)cc2)cc1. The van der Waals surface area contributed by atoms with Gasteiger partial charge in [-0.25, -0.2) is 0 Å². The first-order valence-corrected chi connectivity index (χ1v) is 7.13. The largest absolute Gasteiger partial charge is 0.0917 e. The molecule has 19 heavy (non-hydrogen) atoms. The van der Waals surface area contributed by atoms with E-state index in [1.807, 2.05) is 12.1 Å². The number of benzene rings is 2. The van der Waals surface area contributed by atoms with Crippen LogP contribution in [-0.4, -0.2) is 0 Å². The van der Waals surface area contributed by atoms with E-state index in [0.717, 1.165) is 17.9 Å². The summed E-state index contributed by atoms with van der Waals surface area (Å²) in [6, 6.07) is 16.8. The molecule has 0 aliphatic carbocycles. The van der Waals surface area contributed by atoms with Crippen LogP contribution in [0.5, 0.6) is 0 Å². The maximum Gasteiger partial charge on any atom is 0.0406 e. The van der Waals surface area contributed by atoms with Gasteiger partial charge in [-0.3, -0.25) is 0 Å². The number of halogens is 1. The van der Waals surface area contributed by atoms with Crippen LogP contribution in [-0.2, 0) is 6.42 Å². The molecule has 0 unspecified atom stereocenters. The zero-order chi connectivity index (χ0) is 13.5. The fourth-order valence-corrected chi connectivity index (χ4v) is 2.22. The molecule has 0 aliphatic rings. The Hall–Kier alpha value is -1.53. The zero-order valence-corrected chi connectivity index (χ0v) is 12.0. The number of unbranched alkanes of at least 4 members (excludes halogenated alkanes) is 1. The third-order valence-corrected chi connectivity index (χ3v) is 3.46. The smallest absolute Gasteiger partial charge is 0.0406 e. The number of hydrogen-bond donors (Lipinski definition) is 0. The van der Waals surface area contributed by atoms with Gasteiger partial charge in [-0.15, -0.1) is 0 Å². The monoisotopic (exact) mass is 270 g/mol. The van der Waals surface area contributed by atoms with Crippen LogP contribution >= 0.6 is 11.6 Å². The topological polar surface area (TPSA) is 0 Å². The number of rotatable bonds is 5. The summed E-state index contributed by atoms with van der Waals surface area (Å²) in [4.78, 5) is 0. The van der Waals surface area contributed by atoms with Gasteiger partial charge in [0.15, 0.2) is 0 Å². The first-order valence-electron chi connectivity index (χ1n) is 6.75. The van der Waals surface area contributed by atoms with Gasteiger partial charge >= 0.3 is 0 Å². The lowest BCUT2D eigenvalue weighted by molar-refractivity contribution is 0.842. The lowest BCUT2D eigenvalue weighted by Crippen LogP contribution is -1.85. The van der Waals surface area contributed by atoms with Crippen LogP contribution in [0.25, 0.3) is 11.1 Å². The van der Waals surface area contributed by atoms with Crippen LogP contribution in [0, 0.1) is 0 Å². The summed E-state index contributed by atoms with van der Waals surface area (Å²) in [7, 11) is 0. The summed E-state index contributed by atoms with van der Waals surface area (Å²) in [5.41, 5.74) is 3.86. The highest BCUT2D eigenvalue weighted by atomic mass is 35.5. The molecule has 2 rings (SSSR count). The number of hydrogen-bond acceptors (Lipinski definition) is 0. The van der Waals surface area contributed by atoms with Gasteiger partial charge in [0.1, 0.15) is 0 Å². The van der Waals surface area contributed by atoms with Gasteiger partial charge in [0.05, 0.1) is 0 Å². The van der Waals surface area contributed by atoms with E-state index < -0.39 is 0 Å². The van der Waals surface area contributed by atoms with Gasteiger partial charge in [-0.05, 0) is 55.0 Å². The van der Waals surface area contributed by atoms with Crippen molar-refractivity contribution in [2.24, 2.45) is 0 Å². The van der Waals surface area contributed by atoms with Gasteiger partial charge in [0.2, 0.25) is 0 Å². The highest BCUT2D eigenvalue weighted by Crippen LogP contribution is 2.22. The summed E-state index contributed by atoms with van der Waals surface area (Å²) in [6.45, 7) is 2.07. The zero-order valence-electron chi connectivity index (χ0n) is 11.3. The van der Waals surface area contributed by atoms with E-state index in [9.17, 15) is 0 Å². The Kier molecular flexibility index (Phi) is 5.23. The van der Waals surface area contributed by atoms with E-state index >= 15 is 0 Å². The third kappa shape index (κ3) is 4.25. The Balaban J connectivity index is 2.00. The molecule has 0 heterocycles. The van der Waals surface area contributed by atoms with Crippen LogP contribution < -0.4 is 0 Å². The average molecular weight is 271 g/mol. The van der Waals surface area contributed by atoms with Gasteiger partial charge in [0.25, 0.3) is 0 Å². The van der Waals surface area contributed by atoms with E-state index in [0.29, 0.717) is 0 Å². The molecule has 0 saturated heterocycles. The fourth-order valence-electron chi connectivity index (χ4n) is 2.10. The van der Waals surface area contributed by atoms with E-state index in [2.05, 4.69) is 55.5 Å². The van der Waals surface area contributed by atoms with Crippen molar-refractivity contribution in [3.05, 3.63) is 71.3 Å². The molecule has 0 spiro atoms. The van der Waals surface area contributed by atoms with Crippen molar-refractivity contribution in [3.63, 3.8) is 0 Å². The molecule has 0 radical (unpaired) electrons. The Morgan fingerprint density at radius 1 is 0.895 bits per heavy atom. The molecule has 0 amide bonds. The third-order valence-electron chi connectivity index (χ3n) is 3.20. The van der Waals surface area contributed by atoms with Crippen molar-refractivity contribution in [3.8, 4) is 11.1 Å². The molecule has 0 atom stereocenters. The van der Waals surface area contributed by atoms with Gasteiger partial charge in [-0.2, -0.15) is 0 Å². The van der Waals surface area contributed by atoms with Crippen molar-refractivity contribution in [2.75, 3.05) is 0 Å². The molecule has 0 aliphatic heterocycles. The van der Waals surface area contributed by atoms with Gasteiger partial charge in [-0.1, -0.05) is 60.2 Å². The van der Waals surface area contributed by atoms with Gasteiger partial charge < -0.3 is 0 Å². The van der Waals surface area contributed by atoms with Crippen LogP contribution in [0.3, 0.4) is 0 Å². The minimum atomic E-state index is 0.782. The van der Waals surface area contributed by atoms with Crippen LogP contribution in [0.4, 0.5) is 0 Å². The molecule has 0 aromatic heterocycles. The Labute approximate surface area is 120 Å². The Bertz CT molecular complexity index is 521. The second-order valence-corrected chi connectivity index (χ2v) is 5.10. The van der Waals surface area contributed by atoms with Crippen molar-refractivity contribution in [1.82, 2.24) is 0 Å². The number of aryl methyl sites for hydroxylation is 1. The van der Waals surface area contributed by atoms with Gasteiger partial charge in [0, 0.05) is 5.02 Å². The lowest BCUT2D eigenvalue weighted by Gasteiger charge is -2.04. The predicted octanol–water partition coefficient (Wildman–Crippen LogP) is 5.91. The highest BCUT2D eigenvalue weighted by Gasteiger charge is 1.98. The summed E-state index contributed by atoms with van der Waals surface area (Å²) in [5.74, 6) is 0. The first kappa shape index (κ1) is 13.9.